The number of benzene rings is 2. The quantitative estimate of drug-likeness (QED) is 0.570. The van der Waals surface area contributed by atoms with Gasteiger partial charge in [0.15, 0.2) is 0 Å². The van der Waals surface area contributed by atoms with E-state index in [1.54, 1.807) is 25.6 Å². The molecular weight excluding hydrogens is 420 g/mol. The van der Waals surface area contributed by atoms with Crippen LogP contribution in [0.25, 0.3) is 11.0 Å². The highest BCUT2D eigenvalue weighted by atomic mass is 16.5. The van der Waals surface area contributed by atoms with Crippen LogP contribution in [0.2, 0.25) is 0 Å². The predicted molar refractivity (Wildman–Crippen MR) is 126 cm³/mol. The average Bonchev–Trinajstić information content (AvgIpc) is 3.25. The summed E-state index contributed by atoms with van der Waals surface area (Å²) in [4.78, 5) is 32.1. The van der Waals surface area contributed by atoms with Gasteiger partial charge in [0.05, 0.1) is 29.0 Å². The van der Waals surface area contributed by atoms with Gasteiger partial charge >= 0.3 is 0 Å². The maximum absolute atomic E-state index is 13.6. The van der Waals surface area contributed by atoms with Crippen molar-refractivity contribution >= 4 is 28.5 Å². The Morgan fingerprint density at radius 1 is 1.12 bits per heavy atom. The maximum Gasteiger partial charge on any atom is 0.256 e. The van der Waals surface area contributed by atoms with Crippen molar-refractivity contribution in [3.05, 3.63) is 59.9 Å². The van der Waals surface area contributed by atoms with Gasteiger partial charge in [0.1, 0.15) is 6.61 Å². The fourth-order valence-corrected chi connectivity index (χ4v) is 4.30. The van der Waals surface area contributed by atoms with Gasteiger partial charge in [-0.05, 0) is 37.0 Å². The number of nitrogens with one attached hydrogen (secondary N) is 1. The largest absolute Gasteiger partial charge is 0.381 e. The number of amides is 2. The van der Waals surface area contributed by atoms with Crippen LogP contribution in [0, 0.1) is 0 Å². The molecule has 1 aromatic heterocycles. The fourth-order valence-electron chi connectivity index (χ4n) is 4.30. The maximum atomic E-state index is 13.6. The first-order chi connectivity index (χ1) is 16.1. The number of carbonyl (C=O) groups excluding carboxylic acids is 2. The van der Waals surface area contributed by atoms with Crippen molar-refractivity contribution in [2.75, 3.05) is 39.2 Å². The molecule has 1 N–H and O–H groups in total. The molecule has 174 valence electrons. The number of anilines is 1. The van der Waals surface area contributed by atoms with Gasteiger partial charge in [-0.25, -0.2) is 4.98 Å². The minimum Gasteiger partial charge on any atom is -0.381 e. The summed E-state index contributed by atoms with van der Waals surface area (Å²) >= 11 is 0. The van der Waals surface area contributed by atoms with E-state index < -0.39 is 0 Å². The Morgan fingerprint density at radius 3 is 2.58 bits per heavy atom. The van der Waals surface area contributed by atoms with Crippen LogP contribution in [0.15, 0.2) is 48.8 Å². The topological polar surface area (TPSA) is 85.7 Å². The lowest BCUT2D eigenvalue weighted by molar-refractivity contribution is -0.119. The lowest BCUT2D eigenvalue weighted by Gasteiger charge is -2.31. The summed E-state index contributed by atoms with van der Waals surface area (Å²) in [5.74, 6) is -0.335. The molecule has 8 heteroatoms. The molecule has 0 atom stereocenters. The van der Waals surface area contributed by atoms with Crippen molar-refractivity contribution in [1.82, 2.24) is 14.5 Å². The van der Waals surface area contributed by atoms with Crippen molar-refractivity contribution in [1.29, 1.82) is 0 Å². The minimum absolute atomic E-state index is 0.0566. The normalized spacial score (nSPS) is 14.5. The standard InChI is InChI=1S/C25H30N4O4/c1-32-16-23(30)27-19-14-21(25(31)28-12-9-20(33-2)10-13-28)24-22(15-19)26-17-29(24)11-8-18-6-4-3-5-7-18/h3-7,14-15,17,20H,8-13,16H2,1-2H3,(H,27,30). The van der Waals surface area contributed by atoms with Gasteiger partial charge in [-0.15, -0.1) is 0 Å². The van der Waals surface area contributed by atoms with Gasteiger partial charge < -0.3 is 24.3 Å². The van der Waals surface area contributed by atoms with E-state index in [2.05, 4.69) is 22.4 Å². The Bertz CT molecular complexity index is 1100. The molecule has 33 heavy (non-hydrogen) atoms. The van der Waals surface area contributed by atoms with Gasteiger partial charge in [-0.2, -0.15) is 0 Å². The third-order valence-corrected chi connectivity index (χ3v) is 6.05. The predicted octanol–water partition coefficient (Wildman–Crippen LogP) is 3.11. The van der Waals surface area contributed by atoms with E-state index in [1.807, 2.05) is 27.7 Å². The van der Waals surface area contributed by atoms with E-state index in [4.69, 9.17) is 9.47 Å². The molecule has 1 aliphatic rings. The zero-order valence-electron chi connectivity index (χ0n) is 19.1. The zero-order valence-corrected chi connectivity index (χ0v) is 19.1. The highest BCUT2D eigenvalue weighted by molar-refractivity contribution is 6.07. The number of carbonyl (C=O) groups is 2. The van der Waals surface area contributed by atoms with Crippen LogP contribution in [0.5, 0.6) is 0 Å². The molecule has 0 saturated carbocycles. The van der Waals surface area contributed by atoms with Crippen LogP contribution in [-0.2, 0) is 27.2 Å². The number of piperidine rings is 1. The van der Waals surface area contributed by atoms with Crippen molar-refractivity contribution < 1.29 is 19.1 Å². The average molecular weight is 451 g/mol. The summed E-state index contributed by atoms with van der Waals surface area (Å²) in [5.41, 5.74) is 3.76. The third-order valence-electron chi connectivity index (χ3n) is 6.05. The summed E-state index contributed by atoms with van der Waals surface area (Å²) in [7, 11) is 3.18. The highest BCUT2D eigenvalue weighted by Crippen LogP contribution is 2.27. The molecule has 0 bridgehead atoms. The van der Waals surface area contributed by atoms with Gasteiger partial charge in [0.25, 0.3) is 5.91 Å². The fraction of sp³-hybridized carbons (Fsp3) is 0.400. The Hall–Kier alpha value is -3.23. The second-order valence-electron chi connectivity index (χ2n) is 8.27. The number of aromatic nitrogens is 2. The number of hydrogen-bond acceptors (Lipinski definition) is 5. The van der Waals surface area contributed by atoms with Crippen molar-refractivity contribution in [3.63, 3.8) is 0 Å². The van der Waals surface area contributed by atoms with Crippen LogP contribution in [0.4, 0.5) is 5.69 Å². The van der Waals surface area contributed by atoms with E-state index in [1.165, 1.54) is 12.7 Å². The van der Waals surface area contributed by atoms with Crippen LogP contribution in [0.3, 0.4) is 0 Å². The van der Waals surface area contributed by atoms with Gasteiger partial charge in [0, 0.05) is 39.5 Å². The lowest BCUT2D eigenvalue weighted by Crippen LogP contribution is -2.40. The Labute approximate surface area is 193 Å². The number of likely N-dealkylation sites (tertiary alicyclic amines) is 1. The van der Waals surface area contributed by atoms with Crippen LogP contribution < -0.4 is 5.32 Å². The first kappa shape index (κ1) is 22.9. The molecule has 0 aliphatic carbocycles. The molecule has 4 rings (SSSR count). The third kappa shape index (κ3) is 5.40. The molecule has 0 radical (unpaired) electrons. The SMILES string of the molecule is COCC(=O)Nc1cc(C(=O)N2CCC(OC)CC2)c2c(c1)ncn2CCc1ccccc1. The van der Waals surface area contributed by atoms with Crippen LogP contribution in [0.1, 0.15) is 28.8 Å². The number of nitrogens with zero attached hydrogens (tertiary/aromatic N) is 3. The first-order valence-electron chi connectivity index (χ1n) is 11.2. The number of imidazole rings is 1. The highest BCUT2D eigenvalue weighted by Gasteiger charge is 2.26. The van der Waals surface area contributed by atoms with E-state index >= 15 is 0 Å². The van der Waals surface area contributed by atoms with Crippen molar-refractivity contribution in [3.8, 4) is 0 Å². The molecule has 1 aliphatic heterocycles. The Morgan fingerprint density at radius 2 is 1.88 bits per heavy atom. The Balaban J connectivity index is 1.66. The number of aryl methyl sites for hydroxylation is 2. The first-order valence-corrected chi connectivity index (χ1v) is 11.2. The molecule has 3 aromatic rings. The number of rotatable bonds is 8. The Kier molecular flexibility index (Phi) is 7.36. The smallest absolute Gasteiger partial charge is 0.256 e. The summed E-state index contributed by atoms with van der Waals surface area (Å²) < 4.78 is 12.4. The monoisotopic (exact) mass is 450 g/mol. The van der Waals surface area contributed by atoms with E-state index in [0.29, 0.717) is 36.4 Å². The van der Waals surface area contributed by atoms with Gasteiger partial charge in [-0.1, -0.05) is 30.3 Å². The molecular formula is C25H30N4O4. The van der Waals surface area contributed by atoms with Gasteiger partial charge in [0.2, 0.25) is 5.91 Å². The summed E-state index contributed by atoms with van der Waals surface area (Å²) in [6, 6.07) is 13.8. The minimum atomic E-state index is -0.278. The number of hydrogen-bond donors (Lipinski definition) is 1. The van der Waals surface area contributed by atoms with E-state index in [0.717, 1.165) is 24.8 Å². The molecule has 0 spiro atoms. The van der Waals surface area contributed by atoms with E-state index in [9.17, 15) is 9.59 Å². The zero-order chi connectivity index (χ0) is 23.2. The second-order valence-corrected chi connectivity index (χ2v) is 8.27. The van der Waals surface area contributed by atoms with Gasteiger partial charge in [-0.3, -0.25) is 9.59 Å². The number of ether oxygens (including phenoxy) is 2. The summed E-state index contributed by atoms with van der Waals surface area (Å²) in [6.45, 7) is 1.91. The van der Waals surface area contributed by atoms with Crippen molar-refractivity contribution in [2.45, 2.75) is 31.9 Å². The van der Waals surface area contributed by atoms with Crippen LogP contribution in [-0.4, -0.2) is 66.3 Å². The molecule has 2 aromatic carbocycles. The molecule has 1 saturated heterocycles. The summed E-state index contributed by atoms with van der Waals surface area (Å²) in [5, 5.41) is 2.81. The number of methoxy groups -OCH3 is 2. The molecule has 2 amide bonds. The molecule has 2 heterocycles. The molecule has 0 unspecified atom stereocenters. The van der Waals surface area contributed by atoms with Crippen LogP contribution >= 0.6 is 0 Å². The summed E-state index contributed by atoms with van der Waals surface area (Å²) in [6.07, 6.45) is 4.39. The second kappa shape index (κ2) is 10.6. The number of fused-ring (bicyclic) bond motifs is 1. The van der Waals surface area contributed by atoms with E-state index in [-0.39, 0.29) is 24.5 Å². The molecule has 8 nitrogen and oxygen atoms in total. The molecule has 1 fully saturated rings. The van der Waals surface area contributed by atoms with Crippen molar-refractivity contribution in [2.24, 2.45) is 0 Å². The lowest BCUT2D eigenvalue weighted by atomic mass is 10.0.